The minimum absolute atomic E-state index is 0.00164. The Hall–Kier alpha value is -4.97. The molecule has 3 aromatic carbocycles. The average molecular weight is 890 g/mol. The van der Waals surface area contributed by atoms with Gasteiger partial charge in [-0.2, -0.15) is 0 Å². The molecule has 1 saturated carbocycles. The van der Waals surface area contributed by atoms with Crippen LogP contribution in [0.15, 0.2) is 101 Å². The van der Waals surface area contributed by atoms with Crippen LogP contribution in [-0.2, 0) is 25.7 Å². The first-order valence-electron chi connectivity index (χ1n) is 21.5. The summed E-state index contributed by atoms with van der Waals surface area (Å²) in [6.07, 6.45) is 9.65. The number of amides is 1. The lowest BCUT2D eigenvalue weighted by Crippen LogP contribution is -2.70. The second-order valence-corrected chi connectivity index (χ2v) is 16.6. The number of allylic oxidation sites excluding steroid dienone is 1. The molecule has 340 valence electrons. The summed E-state index contributed by atoms with van der Waals surface area (Å²) in [5, 5.41) is 45.5. The molecule has 1 amide bonds. The number of oxime groups is 1. The van der Waals surface area contributed by atoms with Crippen LogP contribution < -0.4 is 9.47 Å². The largest absolute Gasteiger partial charge is 0.459 e. The van der Waals surface area contributed by atoms with Gasteiger partial charge < -0.3 is 43.8 Å². The molecule has 1 heterocycles. The Balaban J connectivity index is 1.55. The van der Waals surface area contributed by atoms with Crippen LogP contribution in [-0.4, -0.2) is 108 Å². The number of benzene rings is 3. The first kappa shape index (κ1) is 47.5. The number of rotatable bonds is 24. The third kappa shape index (κ3) is 11.2. The van der Waals surface area contributed by atoms with Crippen molar-refractivity contribution in [3.8, 4) is 17.2 Å². The summed E-state index contributed by atoms with van der Waals surface area (Å²) in [6, 6.07) is 18.9. The summed E-state index contributed by atoms with van der Waals surface area (Å²) in [4.78, 5) is 33.6. The molecule has 6 unspecified atom stereocenters. The van der Waals surface area contributed by atoms with E-state index in [-0.39, 0.29) is 82.7 Å². The zero-order valence-corrected chi connectivity index (χ0v) is 36.8. The number of hydrogen-bond acceptors (Lipinski definition) is 14. The topological polar surface area (TPSA) is 192 Å². The molecule has 0 radical (unpaired) electrons. The maximum Gasteiger partial charge on any atom is 0.410 e. The predicted molar refractivity (Wildman–Crippen MR) is 238 cm³/mol. The molecule has 63 heavy (non-hydrogen) atoms. The van der Waals surface area contributed by atoms with E-state index < -0.39 is 28.8 Å². The van der Waals surface area contributed by atoms with Gasteiger partial charge in [-0.15, -0.1) is 18.3 Å². The number of carbonyl (C=O) groups is 1. The molecule has 1 aliphatic heterocycles. The number of thioether (sulfide) groups is 1. The monoisotopic (exact) mass is 889 g/mol. The molecular formula is C47H59N3O12S. The number of aliphatic hydroxyl groups is 3. The van der Waals surface area contributed by atoms with Gasteiger partial charge in [0.05, 0.1) is 50.1 Å². The van der Waals surface area contributed by atoms with Crippen LogP contribution in [0.25, 0.3) is 0 Å². The maximum absolute atomic E-state index is 14.0. The van der Waals surface area contributed by atoms with Gasteiger partial charge in [-0.05, 0) is 110 Å². The molecule has 6 rings (SSSR count). The minimum Gasteiger partial charge on any atom is -0.459 e. The van der Waals surface area contributed by atoms with Crippen molar-refractivity contribution in [2.45, 2.75) is 74.2 Å². The zero-order valence-electron chi connectivity index (χ0n) is 36.0. The highest BCUT2D eigenvalue weighted by Gasteiger charge is 2.65. The van der Waals surface area contributed by atoms with Crippen LogP contribution >= 0.6 is 11.8 Å². The van der Waals surface area contributed by atoms with E-state index >= 15 is 0 Å². The molecule has 0 saturated heterocycles. The van der Waals surface area contributed by atoms with Crippen LogP contribution in [0.1, 0.15) is 62.0 Å². The van der Waals surface area contributed by atoms with Gasteiger partial charge in [0, 0.05) is 54.7 Å². The summed E-state index contributed by atoms with van der Waals surface area (Å²) >= 11 is 1.64. The molecule has 0 bridgehead atoms. The first-order valence-corrected chi connectivity index (χ1v) is 22.7. The number of hydrogen-bond donors (Lipinski definition) is 3. The van der Waals surface area contributed by atoms with Gasteiger partial charge in [-0.3, -0.25) is 15.0 Å². The number of unbranched alkanes of at least 4 members (excludes halogenated alkanes) is 2. The van der Waals surface area contributed by atoms with Gasteiger partial charge in [-0.1, -0.05) is 30.1 Å². The van der Waals surface area contributed by atoms with Crippen LogP contribution in [0.2, 0.25) is 0 Å². The molecule has 3 N–H and O–H groups in total. The van der Waals surface area contributed by atoms with E-state index in [0.29, 0.717) is 41.4 Å². The Morgan fingerprint density at radius 3 is 2.40 bits per heavy atom. The average Bonchev–Trinajstić information content (AvgIpc) is 3.30. The third-order valence-electron chi connectivity index (χ3n) is 12.0. The molecular weight excluding hydrogens is 831 g/mol. The summed E-state index contributed by atoms with van der Waals surface area (Å²) in [7, 11) is 1.31. The quantitative estimate of drug-likeness (QED) is 0.0258. The number of aliphatic hydroxyl groups excluding tert-OH is 3. The highest BCUT2D eigenvalue weighted by molar-refractivity contribution is 7.98. The highest BCUT2D eigenvalue weighted by Crippen LogP contribution is 2.62. The molecule has 0 aromatic heterocycles. The van der Waals surface area contributed by atoms with Gasteiger partial charge in [0.15, 0.2) is 0 Å². The number of nitro groups is 1. The lowest BCUT2D eigenvalue weighted by atomic mass is 9.55. The predicted octanol–water partition coefficient (Wildman–Crippen LogP) is 8.02. The van der Waals surface area contributed by atoms with Gasteiger partial charge in [0.1, 0.15) is 29.9 Å². The fourth-order valence-electron chi connectivity index (χ4n) is 9.21. The third-order valence-corrected chi connectivity index (χ3v) is 12.7. The smallest absolute Gasteiger partial charge is 0.410 e. The number of nitrogens with zero attached hydrogens (tertiary/aromatic N) is 3. The number of methoxy groups -OCH3 is 1. The van der Waals surface area contributed by atoms with E-state index in [2.05, 4.69) is 12.7 Å². The van der Waals surface area contributed by atoms with Crippen LogP contribution in [0, 0.1) is 27.9 Å². The van der Waals surface area contributed by atoms with Gasteiger partial charge in [-0.25, -0.2) is 4.79 Å². The van der Waals surface area contributed by atoms with E-state index in [9.17, 15) is 30.2 Å². The molecule has 15 nitrogen and oxygen atoms in total. The van der Waals surface area contributed by atoms with E-state index in [1.807, 2.05) is 48.7 Å². The Bertz CT molecular complexity index is 2050. The van der Waals surface area contributed by atoms with Crippen LogP contribution in [0.4, 0.5) is 10.5 Å². The number of nitro benzene ring substituents is 1. The molecule has 16 heteroatoms. The van der Waals surface area contributed by atoms with Crippen LogP contribution in [0.5, 0.6) is 17.2 Å². The lowest BCUT2D eigenvalue weighted by molar-refractivity contribution is -0.384. The molecule has 3 aromatic rings. The fraction of sp³-hybridized carbons (Fsp3) is 0.489. The summed E-state index contributed by atoms with van der Waals surface area (Å²) in [6.45, 7) is 4.20. The van der Waals surface area contributed by atoms with Crippen molar-refractivity contribution in [1.29, 1.82) is 0 Å². The second kappa shape index (κ2) is 23.1. The number of ether oxygens (including phenoxy) is 5. The van der Waals surface area contributed by atoms with Crippen molar-refractivity contribution < 1.29 is 53.6 Å². The number of fused-ring (bicyclic) bond motifs is 2. The van der Waals surface area contributed by atoms with E-state index in [0.717, 1.165) is 41.7 Å². The Kier molecular flexibility index (Phi) is 17.4. The normalized spacial score (nSPS) is 22.8. The minimum atomic E-state index is -1.53. The van der Waals surface area contributed by atoms with Gasteiger partial charge in [0.25, 0.3) is 5.69 Å². The summed E-state index contributed by atoms with van der Waals surface area (Å²) < 4.78 is 31.8. The standard InChI is InChI=1S/C47H59N3O12S/c1-4-25-59-47-43(49(46(54)57-2)21-26-58-27-24-53)30-41(48-60-31-32-11-13-34(14-12-32)50(55)56)39-28-33(9-5-7-22-51)38(10-6-8-23-52)44(45(39)47)40-29-36(17-20-42(40)62-47)61-35-15-18-37(63-3)19-16-35/h4,11-20,28-29,33,38,43-45,51-53H,1,5-10,21-27,30-31H2,2-3H3. The Morgan fingerprint density at radius 2 is 1.73 bits per heavy atom. The first-order chi connectivity index (χ1) is 30.7. The summed E-state index contributed by atoms with van der Waals surface area (Å²) in [5.41, 5.74) is 2.92. The lowest BCUT2D eigenvalue weighted by Gasteiger charge is -2.59. The van der Waals surface area contributed by atoms with Crippen molar-refractivity contribution in [1.82, 2.24) is 4.90 Å². The van der Waals surface area contributed by atoms with Crippen molar-refractivity contribution in [3.63, 3.8) is 0 Å². The van der Waals surface area contributed by atoms with E-state index in [1.165, 1.54) is 24.1 Å². The van der Waals surface area contributed by atoms with Crippen LogP contribution in [0.3, 0.4) is 0 Å². The van der Waals surface area contributed by atoms with Gasteiger partial charge in [0.2, 0.25) is 5.79 Å². The van der Waals surface area contributed by atoms with E-state index in [1.54, 1.807) is 30.0 Å². The number of non-ortho nitro benzene ring substituents is 1. The van der Waals surface area contributed by atoms with Crippen molar-refractivity contribution in [2.24, 2.45) is 22.9 Å². The molecule has 1 fully saturated rings. The van der Waals surface area contributed by atoms with Crippen molar-refractivity contribution in [3.05, 3.63) is 112 Å². The molecule has 0 spiro atoms. The summed E-state index contributed by atoms with van der Waals surface area (Å²) in [5.74, 6) is -0.579. The van der Waals surface area contributed by atoms with E-state index in [4.69, 9.17) is 33.7 Å². The van der Waals surface area contributed by atoms with Crippen molar-refractivity contribution in [2.75, 3.05) is 59.6 Å². The zero-order chi connectivity index (χ0) is 44.8. The highest BCUT2D eigenvalue weighted by atomic mass is 32.2. The second-order valence-electron chi connectivity index (χ2n) is 15.7. The number of carbonyl (C=O) groups excluding carboxylic acids is 1. The van der Waals surface area contributed by atoms with Gasteiger partial charge >= 0.3 is 6.09 Å². The Morgan fingerprint density at radius 1 is 1.00 bits per heavy atom. The molecule has 3 aliphatic rings. The molecule has 2 aliphatic carbocycles. The fourth-order valence-corrected chi connectivity index (χ4v) is 9.62. The Labute approximate surface area is 372 Å². The maximum atomic E-state index is 14.0. The SMILES string of the molecule is C=CCOC12Oc3ccc(Oc4ccc(SC)cc4)cc3C3C(CCCCO)C(CCCCO)C=C(C(=NOCc4ccc([N+](=O)[O-])cc4)CC1N(CCOCCO)C(=O)OC)C32. The van der Waals surface area contributed by atoms with Crippen molar-refractivity contribution >= 4 is 29.3 Å². The molecule has 6 atom stereocenters.